The highest BCUT2D eigenvalue weighted by molar-refractivity contribution is 5.16. The van der Waals surface area contributed by atoms with Gasteiger partial charge in [-0.15, -0.1) is 0 Å². The third-order valence-corrected chi connectivity index (χ3v) is 3.12. The molecule has 1 aromatic rings. The van der Waals surface area contributed by atoms with E-state index in [1.54, 1.807) is 6.07 Å². The average Bonchev–Trinajstić information content (AvgIpc) is 2.40. The van der Waals surface area contributed by atoms with Crippen LogP contribution in [0.1, 0.15) is 12.0 Å². The van der Waals surface area contributed by atoms with Crippen LogP contribution in [0.5, 0.6) is 0 Å². The maximum absolute atomic E-state index is 13.5. The van der Waals surface area contributed by atoms with Gasteiger partial charge >= 0.3 is 0 Å². The third kappa shape index (κ3) is 4.05. The number of ether oxygens (including phenoxy) is 2. The Morgan fingerprint density at radius 3 is 2.89 bits per heavy atom. The Balaban J connectivity index is 1.74. The van der Waals surface area contributed by atoms with Gasteiger partial charge in [-0.05, 0) is 19.5 Å². The lowest BCUT2D eigenvalue weighted by Crippen LogP contribution is -2.32. The van der Waals surface area contributed by atoms with E-state index in [0.717, 1.165) is 18.5 Å². The molecule has 3 nitrogen and oxygen atoms in total. The smallest absolute Gasteiger partial charge is 0.127 e. The minimum Gasteiger partial charge on any atom is -0.376 e. The van der Waals surface area contributed by atoms with Crippen molar-refractivity contribution < 1.29 is 13.9 Å². The van der Waals surface area contributed by atoms with Crippen molar-refractivity contribution in [3.8, 4) is 0 Å². The average molecular weight is 253 g/mol. The summed E-state index contributed by atoms with van der Waals surface area (Å²) in [5.74, 6) is -0.137. The van der Waals surface area contributed by atoms with Gasteiger partial charge in [0.1, 0.15) is 5.82 Å². The molecule has 18 heavy (non-hydrogen) atoms. The molecule has 2 rings (SSSR count). The van der Waals surface area contributed by atoms with Crippen LogP contribution in [0, 0.1) is 5.82 Å². The molecule has 1 heterocycles. The van der Waals surface area contributed by atoms with Crippen molar-refractivity contribution in [1.29, 1.82) is 0 Å². The van der Waals surface area contributed by atoms with E-state index in [2.05, 4.69) is 4.90 Å². The predicted molar refractivity (Wildman–Crippen MR) is 67.9 cm³/mol. The summed E-state index contributed by atoms with van der Waals surface area (Å²) in [4.78, 5) is 2.11. The van der Waals surface area contributed by atoms with Gasteiger partial charge < -0.3 is 14.4 Å². The molecule has 1 unspecified atom stereocenters. The Morgan fingerprint density at radius 1 is 1.33 bits per heavy atom. The van der Waals surface area contributed by atoms with Crippen LogP contribution in [0.2, 0.25) is 0 Å². The summed E-state index contributed by atoms with van der Waals surface area (Å²) < 4.78 is 24.4. The molecule has 0 bridgehead atoms. The zero-order valence-corrected chi connectivity index (χ0v) is 10.8. The summed E-state index contributed by atoms with van der Waals surface area (Å²) in [5.41, 5.74) is 0.737. The Kier molecular flexibility index (Phi) is 5.11. The van der Waals surface area contributed by atoms with Crippen LogP contribution in [0.3, 0.4) is 0 Å². The molecule has 0 amide bonds. The van der Waals surface area contributed by atoms with E-state index in [9.17, 15) is 4.39 Å². The molecule has 1 aliphatic heterocycles. The maximum atomic E-state index is 13.5. The van der Waals surface area contributed by atoms with E-state index < -0.39 is 0 Å². The minimum absolute atomic E-state index is 0.137. The summed E-state index contributed by atoms with van der Waals surface area (Å²) in [5, 5.41) is 0. The topological polar surface area (TPSA) is 21.7 Å². The second-order valence-electron chi connectivity index (χ2n) is 4.69. The lowest BCUT2D eigenvalue weighted by Gasteiger charge is -2.25. The molecule has 0 saturated carbocycles. The first-order valence-electron chi connectivity index (χ1n) is 6.37. The molecule has 0 radical (unpaired) electrons. The van der Waals surface area contributed by atoms with Crippen LogP contribution in [-0.4, -0.2) is 44.4 Å². The van der Waals surface area contributed by atoms with Gasteiger partial charge in [0, 0.05) is 18.7 Å². The minimum atomic E-state index is -0.137. The number of halogens is 1. The Labute approximate surface area is 107 Å². The van der Waals surface area contributed by atoms with Crippen LogP contribution in [0.15, 0.2) is 24.3 Å². The monoisotopic (exact) mass is 253 g/mol. The summed E-state index contributed by atoms with van der Waals surface area (Å²) >= 11 is 0. The van der Waals surface area contributed by atoms with E-state index in [-0.39, 0.29) is 11.9 Å². The predicted octanol–water partition coefficient (Wildman–Crippen LogP) is 2.06. The highest BCUT2D eigenvalue weighted by Gasteiger charge is 2.15. The molecule has 0 aromatic heterocycles. The molecular weight excluding hydrogens is 233 g/mol. The molecule has 1 saturated heterocycles. The second kappa shape index (κ2) is 6.83. The van der Waals surface area contributed by atoms with E-state index in [1.807, 2.05) is 19.2 Å². The molecule has 1 aliphatic rings. The summed E-state index contributed by atoms with van der Waals surface area (Å²) in [6, 6.07) is 6.91. The summed E-state index contributed by atoms with van der Waals surface area (Å²) in [6.07, 6.45) is 1.10. The van der Waals surface area contributed by atoms with Crippen molar-refractivity contribution in [1.82, 2.24) is 4.90 Å². The van der Waals surface area contributed by atoms with Gasteiger partial charge in [-0.2, -0.15) is 0 Å². The van der Waals surface area contributed by atoms with Gasteiger partial charge in [-0.3, -0.25) is 0 Å². The quantitative estimate of drug-likeness (QED) is 0.802. The number of hydrogen-bond donors (Lipinski definition) is 0. The van der Waals surface area contributed by atoms with E-state index >= 15 is 0 Å². The highest BCUT2D eigenvalue weighted by Crippen LogP contribution is 2.11. The fourth-order valence-corrected chi connectivity index (χ4v) is 2.06. The number of benzene rings is 1. The van der Waals surface area contributed by atoms with Gasteiger partial charge in [-0.1, -0.05) is 18.2 Å². The molecule has 0 spiro atoms. The lowest BCUT2D eigenvalue weighted by atomic mass is 10.2. The summed E-state index contributed by atoms with van der Waals surface area (Å²) in [7, 11) is 2.00. The standard InChI is InChI=1S/C14H20FNO2/c1-16(7-6-13-11-17-8-9-18-13)10-12-4-2-3-5-14(12)15/h2-5,13H,6-11H2,1H3. The molecule has 4 heteroatoms. The fraction of sp³-hybridized carbons (Fsp3) is 0.571. The van der Waals surface area contributed by atoms with Gasteiger partial charge in [0.2, 0.25) is 0 Å². The first-order chi connectivity index (χ1) is 8.75. The van der Waals surface area contributed by atoms with Crippen molar-refractivity contribution in [2.45, 2.75) is 19.1 Å². The number of hydrogen-bond acceptors (Lipinski definition) is 3. The van der Waals surface area contributed by atoms with Crippen molar-refractivity contribution in [2.75, 3.05) is 33.4 Å². The number of nitrogens with zero attached hydrogens (tertiary/aromatic N) is 1. The fourth-order valence-electron chi connectivity index (χ4n) is 2.06. The zero-order chi connectivity index (χ0) is 12.8. The van der Waals surface area contributed by atoms with Crippen LogP contribution in [0.25, 0.3) is 0 Å². The van der Waals surface area contributed by atoms with E-state index in [1.165, 1.54) is 6.07 Å². The Morgan fingerprint density at radius 2 is 2.17 bits per heavy atom. The molecule has 0 aliphatic carbocycles. The molecule has 1 atom stereocenters. The van der Waals surface area contributed by atoms with Crippen LogP contribution in [0.4, 0.5) is 4.39 Å². The van der Waals surface area contributed by atoms with Gasteiger partial charge in [0.15, 0.2) is 0 Å². The SMILES string of the molecule is CN(CCC1COCCO1)Cc1ccccc1F. The van der Waals surface area contributed by atoms with Gasteiger partial charge in [0.25, 0.3) is 0 Å². The largest absolute Gasteiger partial charge is 0.376 e. The zero-order valence-electron chi connectivity index (χ0n) is 10.8. The van der Waals surface area contributed by atoms with Crippen molar-refractivity contribution >= 4 is 0 Å². The van der Waals surface area contributed by atoms with E-state index in [0.29, 0.717) is 26.4 Å². The van der Waals surface area contributed by atoms with Crippen molar-refractivity contribution in [2.24, 2.45) is 0 Å². The molecule has 100 valence electrons. The van der Waals surface area contributed by atoms with Crippen LogP contribution in [-0.2, 0) is 16.0 Å². The molecule has 1 aromatic carbocycles. The van der Waals surface area contributed by atoms with Crippen LogP contribution >= 0.6 is 0 Å². The van der Waals surface area contributed by atoms with E-state index in [4.69, 9.17) is 9.47 Å². The maximum Gasteiger partial charge on any atom is 0.127 e. The Bertz CT molecular complexity index is 367. The summed E-state index contributed by atoms with van der Waals surface area (Å²) in [6.45, 7) is 3.55. The number of rotatable bonds is 5. The first kappa shape index (κ1) is 13.5. The first-order valence-corrected chi connectivity index (χ1v) is 6.37. The molecular formula is C14H20FNO2. The third-order valence-electron chi connectivity index (χ3n) is 3.12. The van der Waals surface area contributed by atoms with Gasteiger partial charge in [0.05, 0.1) is 25.9 Å². The van der Waals surface area contributed by atoms with Crippen LogP contribution < -0.4 is 0 Å². The van der Waals surface area contributed by atoms with Crippen molar-refractivity contribution in [3.63, 3.8) is 0 Å². The van der Waals surface area contributed by atoms with Crippen molar-refractivity contribution in [3.05, 3.63) is 35.6 Å². The lowest BCUT2D eigenvalue weighted by molar-refractivity contribution is -0.0924. The normalized spacial score (nSPS) is 20.3. The van der Waals surface area contributed by atoms with Gasteiger partial charge in [-0.25, -0.2) is 4.39 Å². The molecule has 0 N–H and O–H groups in total. The second-order valence-corrected chi connectivity index (χ2v) is 4.69. The Hall–Kier alpha value is -0.970. The highest BCUT2D eigenvalue weighted by atomic mass is 19.1. The molecule has 1 fully saturated rings.